The molecule has 0 aliphatic carbocycles. The van der Waals surface area contributed by atoms with Gasteiger partial charge in [0.15, 0.2) is 17.5 Å². The molecule has 6 heteroatoms. The number of nitrogens with one attached hydrogen (secondary N) is 1. The highest BCUT2D eigenvalue weighted by Crippen LogP contribution is 2.23. The van der Waals surface area contributed by atoms with Crippen LogP contribution in [0.25, 0.3) is 0 Å². The Kier molecular flexibility index (Phi) is 4.95. The fourth-order valence-electron chi connectivity index (χ4n) is 1.54. The van der Waals surface area contributed by atoms with Crippen LogP contribution < -0.4 is 5.32 Å². The van der Waals surface area contributed by atoms with Crippen molar-refractivity contribution in [3.8, 4) is 0 Å². The summed E-state index contributed by atoms with van der Waals surface area (Å²) in [5.41, 5.74) is -0.207. The number of anilines is 1. The van der Waals surface area contributed by atoms with Crippen molar-refractivity contribution in [3.63, 3.8) is 0 Å². The largest absolute Gasteiger partial charge is 0.396 e. The van der Waals surface area contributed by atoms with Crippen molar-refractivity contribution in [2.75, 3.05) is 18.5 Å². The molecular formula is C12H17F3N2O. The van der Waals surface area contributed by atoms with E-state index < -0.39 is 17.6 Å². The standard InChI is InChI=1S/C12H17F3N2O/c1-12(2,4-3-5-18)7-16-11-9(14)6-8(13)10(15)17-11/h6,18H,3-5,7H2,1-2H3,(H,16,17). The maximum absolute atomic E-state index is 13.3. The predicted octanol–water partition coefficient (Wildman–Crippen LogP) is 2.71. The van der Waals surface area contributed by atoms with E-state index in [0.29, 0.717) is 19.0 Å². The zero-order chi connectivity index (χ0) is 13.8. The van der Waals surface area contributed by atoms with Gasteiger partial charge in [0.05, 0.1) is 0 Å². The minimum absolute atomic E-state index is 0.0845. The van der Waals surface area contributed by atoms with Crippen molar-refractivity contribution in [2.45, 2.75) is 26.7 Å². The highest BCUT2D eigenvalue weighted by atomic mass is 19.2. The SMILES string of the molecule is CC(C)(CCCO)CNc1nc(F)c(F)cc1F. The van der Waals surface area contributed by atoms with Crippen LogP contribution in [0.3, 0.4) is 0 Å². The summed E-state index contributed by atoms with van der Waals surface area (Å²) in [5, 5.41) is 11.4. The Morgan fingerprint density at radius 3 is 2.56 bits per heavy atom. The van der Waals surface area contributed by atoms with Crippen molar-refractivity contribution >= 4 is 5.82 Å². The molecule has 0 radical (unpaired) electrons. The van der Waals surface area contributed by atoms with E-state index in [2.05, 4.69) is 10.3 Å². The minimum atomic E-state index is -1.33. The number of nitrogens with zero attached hydrogens (tertiary/aromatic N) is 1. The van der Waals surface area contributed by atoms with Crippen LogP contribution in [0.4, 0.5) is 19.0 Å². The van der Waals surface area contributed by atoms with Gasteiger partial charge in [0, 0.05) is 19.2 Å². The molecule has 0 amide bonds. The molecule has 0 aliphatic rings. The monoisotopic (exact) mass is 262 g/mol. The molecule has 0 saturated heterocycles. The molecule has 1 rings (SSSR count). The molecule has 0 aromatic carbocycles. The average molecular weight is 262 g/mol. The molecule has 1 aromatic rings. The van der Waals surface area contributed by atoms with Crippen molar-refractivity contribution in [3.05, 3.63) is 23.6 Å². The summed E-state index contributed by atoms with van der Waals surface area (Å²) in [6.45, 7) is 4.28. The highest BCUT2D eigenvalue weighted by Gasteiger charge is 2.19. The van der Waals surface area contributed by atoms with E-state index in [1.807, 2.05) is 13.8 Å². The molecule has 0 fully saturated rings. The number of hydrogen-bond donors (Lipinski definition) is 2. The van der Waals surface area contributed by atoms with Crippen LogP contribution in [0.5, 0.6) is 0 Å². The topological polar surface area (TPSA) is 45.1 Å². The van der Waals surface area contributed by atoms with Gasteiger partial charge in [-0.3, -0.25) is 0 Å². The van der Waals surface area contributed by atoms with Gasteiger partial charge in [0.1, 0.15) is 0 Å². The normalized spacial score (nSPS) is 11.7. The molecule has 2 N–H and O–H groups in total. The Hall–Kier alpha value is -1.30. The third kappa shape index (κ3) is 4.18. The second-order valence-electron chi connectivity index (χ2n) is 4.94. The number of rotatable bonds is 6. The van der Waals surface area contributed by atoms with Gasteiger partial charge < -0.3 is 10.4 Å². The van der Waals surface area contributed by atoms with Crippen LogP contribution >= 0.6 is 0 Å². The third-order valence-electron chi connectivity index (χ3n) is 2.63. The van der Waals surface area contributed by atoms with Gasteiger partial charge in [-0.2, -0.15) is 9.37 Å². The summed E-state index contributed by atoms with van der Waals surface area (Å²) in [6.07, 6.45) is 1.35. The zero-order valence-corrected chi connectivity index (χ0v) is 10.4. The molecule has 102 valence electrons. The first kappa shape index (κ1) is 14.8. The molecule has 0 atom stereocenters. The smallest absolute Gasteiger partial charge is 0.251 e. The van der Waals surface area contributed by atoms with E-state index >= 15 is 0 Å². The van der Waals surface area contributed by atoms with Gasteiger partial charge in [0.2, 0.25) is 0 Å². The van der Waals surface area contributed by atoms with E-state index in [0.717, 1.165) is 6.42 Å². The molecule has 1 aromatic heterocycles. The first-order valence-corrected chi connectivity index (χ1v) is 5.72. The third-order valence-corrected chi connectivity index (χ3v) is 2.63. The molecule has 0 aliphatic heterocycles. The summed E-state index contributed by atoms with van der Waals surface area (Å²) >= 11 is 0. The molecule has 0 saturated carbocycles. The molecule has 0 spiro atoms. The number of aliphatic hydroxyl groups excluding tert-OH is 1. The van der Waals surface area contributed by atoms with Gasteiger partial charge in [-0.15, -0.1) is 0 Å². The molecule has 3 nitrogen and oxygen atoms in total. The van der Waals surface area contributed by atoms with E-state index in [1.165, 1.54) is 0 Å². The second-order valence-corrected chi connectivity index (χ2v) is 4.94. The lowest BCUT2D eigenvalue weighted by Gasteiger charge is -2.25. The summed E-state index contributed by atoms with van der Waals surface area (Å²) in [7, 11) is 0. The average Bonchev–Trinajstić information content (AvgIpc) is 2.30. The fourth-order valence-corrected chi connectivity index (χ4v) is 1.54. The van der Waals surface area contributed by atoms with Gasteiger partial charge in [0.25, 0.3) is 5.95 Å². The second kappa shape index (κ2) is 6.04. The highest BCUT2D eigenvalue weighted by molar-refractivity contribution is 5.36. The zero-order valence-electron chi connectivity index (χ0n) is 10.4. The lowest BCUT2D eigenvalue weighted by molar-refractivity contribution is 0.247. The van der Waals surface area contributed by atoms with Gasteiger partial charge in [-0.1, -0.05) is 13.8 Å². The van der Waals surface area contributed by atoms with E-state index in [4.69, 9.17) is 5.11 Å². The molecule has 1 heterocycles. The Balaban J connectivity index is 2.66. The maximum Gasteiger partial charge on any atom is 0.251 e. The lowest BCUT2D eigenvalue weighted by Crippen LogP contribution is -2.24. The van der Waals surface area contributed by atoms with Crippen molar-refractivity contribution < 1.29 is 18.3 Å². The van der Waals surface area contributed by atoms with E-state index in [-0.39, 0.29) is 17.8 Å². The molecular weight excluding hydrogens is 245 g/mol. The first-order valence-electron chi connectivity index (χ1n) is 5.72. The number of aromatic nitrogens is 1. The quantitative estimate of drug-likeness (QED) is 0.775. The van der Waals surface area contributed by atoms with Crippen molar-refractivity contribution in [1.82, 2.24) is 4.98 Å². The van der Waals surface area contributed by atoms with Crippen LogP contribution in [-0.4, -0.2) is 23.2 Å². The number of aliphatic hydroxyl groups is 1. The van der Waals surface area contributed by atoms with Gasteiger partial charge >= 0.3 is 0 Å². The number of pyridine rings is 1. The number of hydrogen-bond acceptors (Lipinski definition) is 3. The summed E-state index contributed by atoms with van der Waals surface area (Å²) in [4.78, 5) is 3.18. The Labute approximate surface area is 104 Å². The van der Waals surface area contributed by atoms with Gasteiger partial charge in [-0.05, 0) is 18.3 Å². The van der Waals surface area contributed by atoms with Crippen molar-refractivity contribution in [2.24, 2.45) is 5.41 Å². The van der Waals surface area contributed by atoms with Crippen LogP contribution in [-0.2, 0) is 0 Å². The van der Waals surface area contributed by atoms with Crippen LogP contribution in [0.15, 0.2) is 6.07 Å². The first-order chi connectivity index (χ1) is 8.35. The predicted molar refractivity (Wildman–Crippen MR) is 62.7 cm³/mol. The van der Waals surface area contributed by atoms with Crippen LogP contribution in [0.1, 0.15) is 26.7 Å². The fraction of sp³-hybridized carbons (Fsp3) is 0.583. The van der Waals surface area contributed by atoms with E-state index in [1.54, 1.807) is 0 Å². The molecule has 0 bridgehead atoms. The molecule has 0 unspecified atom stereocenters. The molecule has 18 heavy (non-hydrogen) atoms. The summed E-state index contributed by atoms with van der Waals surface area (Å²) in [5.74, 6) is -3.86. The maximum atomic E-state index is 13.3. The minimum Gasteiger partial charge on any atom is -0.396 e. The Morgan fingerprint density at radius 1 is 1.28 bits per heavy atom. The summed E-state index contributed by atoms with van der Waals surface area (Å²) < 4.78 is 38.8. The Bertz CT molecular complexity index is 411. The van der Waals surface area contributed by atoms with E-state index in [9.17, 15) is 13.2 Å². The van der Waals surface area contributed by atoms with Crippen LogP contribution in [0, 0.1) is 23.0 Å². The van der Waals surface area contributed by atoms with Crippen LogP contribution in [0.2, 0.25) is 0 Å². The lowest BCUT2D eigenvalue weighted by atomic mass is 9.88. The van der Waals surface area contributed by atoms with Gasteiger partial charge in [-0.25, -0.2) is 8.78 Å². The Morgan fingerprint density at radius 2 is 1.94 bits per heavy atom. The summed E-state index contributed by atoms with van der Waals surface area (Å²) in [6, 6.07) is 0.464. The van der Waals surface area contributed by atoms with Crippen molar-refractivity contribution in [1.29, 1.82) is 0 Å². The number of halogens is 3.